The van der Waals surface area contributed by atoms with Gasteiger partial charge in [-0.05, 0) is 44.4 Å². The van der Waals surface area contributed by atoms with Crippen LogP contribution in [-0.4, -0.2) is 11.1 Å². The average molecular weight is 549 g/mol. The van der Waals surface area contributed by atoms with Crippen LogP contribution in [0, 0.1) is 11.8 Å². The van der Waals surface area contributed by atoms with Crippen molar-refractivity contribution in [3.05, 3.63) is 12.2 Å². The van der Waals surface area contributed by atoms with Gasteiger partial charge in [0.15, 0.2) is 0 Å². The second kappa shape index (κ2) is 31.7. The van der Waals surface area contributed by atoms with E-state index in [1.54, 1.807) is 0 Å². The molecule has 0 saturated carbocycles. The van der Waals surface area contributed by atoms with Gasteiger partial charge in [0.1, 0.15) is 0 Å². The lowest BCUT2D eigenvalue weighted by Gasteiger charge is -2.12. The second-order valence-electron chi connectivity index (χ2n) is 12.7. The van der Waals surface area contributed by atoms with Gasteiger partial charge in [-0.2, -0.15) is 0 Å². The summed E-state index contributed by atoms with van der Waals surface area (Å²) in [6.07, 6.45) is 42.4. The van der Waals surface area contributed by atoms with Gasteiger partial charge in [-0.1, -0.05) is 181 Å². The molecule has 0 amide bonds. The van der Waals surface area contributed by atoms with E-state index in [9.17, 15) is 9.90 Å². The predicted octanol–water partition coefficient (Wildman–Crippen LogP) is 13.2. The van der Waals surface area contributed by atoms with E-state index >= 15 is 0 Å². The van der Waals surface area contributed by atoms with Gasteiger partial charge < -0.3 is 5.11 Å². The van der Waals surface area contributed by atoms with Crippen molar-refractivity contribution in [2.24, 2.45) is 11.8 Å². The maximum atomic E-state index is 11.7. The molecule has 232 valence electrons. The van der Waals surface area contributed by atoms with Crippen molar-refractivity contribution in [1.29, 1.82) is 0 Å². The van der Waals surface area contributed by atoms with Crippen molar-refractivity contribution in [3.63, 3.8) is 0 Å². The molecule has 0 saturated heterocycles. The number of carboxylic acid groups (broad SMARTS) is 1. The van der Waals surface area contributed by atoms with Crippen molar-refractivity contribution in [3.8, 4) is 0 Å². The van der Waals surface area contributed by atoms with E-state index in [1.165, 1.54) is 161 Å². The number of aliphatic carboxylic acids is 1. The highest BCUT2D eigenvalue weighted by Crippen LogP contribution is 2.20. The summed E-state index contributed by atoms with van der Waals surface area (Å²) in [7, 11) is 0. The van der Waals surface area contributed by atoms with Crippen LogP contribution in [0.1, 0.15) is 207 Å². The Morgan fingerprint density at radius 1 is 0.513 bits per heavy atom. The minimum atomic E-state index is -0.567. The first-order valence-corrected chi connectivity index (χ1v) is 18.0. The number of hydrogen-bond acceptors (Lipinski definition) is 1. The highest BCUT2D eigenvalue weighted by molar-refractivity contribution is 5.69. The Labute approximate surface area is 246 Å². The number of carboxylic acids is 1. The Morgan fingerprint density at radius 2 is 0.846 bits per heavy atom. The summed E-state index contributed by atoms with van der Waals surface area (Å²) in [5, 5.41) is 9.61. The van der Waals surface area contributed by atoms with Crippen LogP contribution in [0.15, 0.2) is 12.2 Å². The minimum absolute atomic E-state index is 0.114. The van der Waals surface area contributed by atoms with Gasteiger partial charge in [0.25, 0.3) is 0 Å². The number of rotatable bonds is 32. The predicted molar refractivity (Wildman–Crippen MR) is 175 cm³/mol. The lowest BCUT2D eigenvalue weighted by molar-refractivity contribution is -0.142. The van der Waals surface area contributed by atoms with Crippen LogP contribution in [0.5, 0.6) is 0 Å². The number of allylic oxidation sites excluding steroid dienone is 2. The normalized spacial score (nSPS) is 13.3. The Morgan fingerprint density at radius 3 is 1.23 bits per heavy atom. The third-order valence-electron chi connectivity index (χ3n) is 8.86. The lowest BCUT2D eigenvalue weighted by Crippen LogP contribution is -2.13. The quantitative estimate of drug-likeness (QED) is 0.0670. The average Bonchev–Trinajstić information content (AvgIpc) is 2.93. The summed E-state index contributed by atoms with van der Waals surface area (Å²) in [5.74, 6) is 0.213. The molecule has 0 radical (unpaired) electrons. The highest BCUT2D eigenvalue weighted by Gasteiger charge is 2.16. The van der Waals surface area contributed by atoms with Gasteiger partial charge in [-0.15, -0.1) is 0 Å². The smallest absolute Gasteiger partial charge is 0.306 e. The molecular formula is C37H72O2. The molecule has 0 aromatic carbocycles. The maximum absolute atomic E-state index is 11.7. The zero-order chi connectivity index (χ0) is 28.7. The zero-order valence-electron chi connectivity index (χ0n) is 27.2. The van der Waals surface area contributed by atoms with Gasteiger partial charge in [-0.25, -0.2) is 0 Å². The van der Waals surface area contributed by atoms with Crippen molar-refractivity contribution in [2.45, 2.75) is 207 Å². The number of unbranched alkanes of at least 4 members (excludes halogenated alkanes) is 22. The Hall–Kier alpha value is -0.790. The molecule has 0 rings (SSSR count). The monoisotopic (exact) mass is 549 g/mol. The Bertz CT molecular complexity index is 512. The fourth-order valence-electron chi connectivity index (χ4n) is 5.71. The molecular weight excluding hydrogens is 476 g/mol. The molecule has 0 heterocycles. The largest absolute Gasteiger partial charge is 0.481 e. The molecule has 39 heavy (non-hydrogen) atoms. The zero-order valence-corrected chi connectivity index (χ0v) is 27.2. The molecule has 0 fully saturated rings. The topological polar surface area (TPSA) is 37.3 Å². The van der Waals surface area contributed by atoms with Crippen LogP contribution in [-0.2, 0) is 4.79 Å². The molecule has 2 heteroatoms. The highest BCUT2D eigenvalue weighted by atomic mass is 16.4. The van der Waals surface area contributed by atoms with Crippen LogP contribution < -0.4 is 0 Å². The van der Waals surface area contributed by atoms with E-state index in [1.807, 2.05) is 0 Å². The van der Waals surface area contributed by atoms with E-state index in [2.05, 4.69) is 32.9 Å². The first-order chi connectivity index (χ1) is 19.1. The van der Waals surface area contributed by atoms with Crippen molar-refractivity contribution in [1.82, 2.24) is 0 Å². The molecule has 0 aliphatic carbocycles. The summed E-state index contributed by atoms with van der Waals surface area (Å²) >= 11 is 0. The summed E-state index contributed by atoms with van der Waals surface area (Å²) in [6, 6.07) is 0. The van der Waals surface area contributed by atoms with Gasteiger partial charge in [0.2, 0.25) is 0 Å². The van der Waals surface area contributed by atoms with E-state index in [0.717, 1.165) is 31.6 Å². The van der Waals surface area contributed by atoms with E-state index in [0.29, 0.717) is 0 Å². The van der Waals surface area contributed by atoms with Crippen molar-refractivity contribution in [2.75, 3.05) is 0 Å². The lowest BCUT2D eigenvalue weighted by atomic mass is 9.94. The summed E-state index contributed by atoms with van der Waals surface area (Å²) in [4.78, 5) is 11.7. The maximum Gasteiger partial charge on any atom is 0.306 e. The van der Waals surface area contributed by atoms with Gasteiger partial charge in [0.05, 0.1) is 5.92 Å². The molecule has 1 N–H and O–H groups in total. The second-order valence-corrected chi connectivity index (χ2v) is 12.7. The molecule has 2 atom stereocenters. The van der Waals surface area contributed by atoms with Crippen molar-refractivity contribution >= 4 is 5.97 Å². The molecule has 0 aliphatic heterocycles. The first kappa shape index (κ1) is 38.2. The molecule has 0 bridgehead atoms. The molecule has 0 aromatic heterocycles. The molecule has 2 unspecified atom stereocenters. The van der Waals surface area contributed by atoms with Crippen LogP contribution in [0.3, 0.4) is 0 Å². The third-order valence-corrected chi connectivity index (χ3v) is 8.86. The fraction of sp³-hybridized carbons (Fsp3) is 0.919. The SMILES string of the molecule is CCCCCCCCCCCCCCCCCCC(CCCCCC/C=C\CCCCCC(C)CC)C(=O)O. The fourth-order valence-corrected chi connectivity index (χ4v) is 5.71. The van der Waals surface area contributed by atoms with Gasteiger partial charge >= 0.3 is 5.97 Å². The Balaban J connectivity index is 3.45. The van der Waals surface area contributed by atoms with Crippen LogP contribution in [0.4, 0.5) is 0 Å². The molecule has 0 spiro atoms. The van der Waals surface area contributed by atoms with Gasteiger partial charge in [-0.3, -0.25) is 4.79 Å². The first-order valence-electron chi connectivity index (χ1n) is 18.0. The summed E-state index contributed by atoms with van der Waals surface area (Å²) in [5.41, 5.74) is 0. The molecule has 0 aromatic rings. The summed E-state index contributed by atoms with van der Waals surface area (Å²) in [6.45, 7) is 6.94. The van der Waals surface area contributed by atoms with Crippen LogP contribution >= 0.6 is 0 Å². The molecule has 2 nitrogen and oxygen atoms in total. The third kappa shape index (κ3) is 30.0. The van der Waals surface area contributed by atoms with Crippen LogP contribution in [0.2, 0.25) is 0 Å². The standard InChI is InChI=1S/C37H72O2/c1-4-6-7-8-9-10-11-12-13-14-15-18-21-24-27-30-33-36(37(38)39)34-31-28-25-22-19-16-17-20-23-26-29-32-35(3)5-2/h16-17,35-36H,4-15,18-34H2,1-3H3,(H,38,39)/b17-16-. The minimum Gasteiger partial charge on any atom is -0.481 e. The van der Waals surface area contributed by atoms with E-state index in [4.69, 9.17) is 0 Å². The number of hydrogen-bond donors (Lipinski definition) is 1. The summed E-state index contributed by atoms with van der Waals surface area (Å²) < 4.78 is 0. The molecule has 0 aliphatic rings. The van der Waals surface area contributed by atoms with Gasteiger partial charge in [0, 0.05) is 0 Å². The number of carbonyl (C=O) groups is 1. The Kier molecular flexibility index (Phi) is 31.1. The van der Waals surface area contributed by atoms with Crippen molar-refractivity contribution < 1.29 is 9.90 Å². The van der Waals surface area contributed by atoms with E-state index in [-0.39, 0.29) is 5.92 Å². The van der Waals surface area contributed by atoms with E-state index < -0.39 is 5.97 Å². The van der Waals surface area contributed by atoms with Crippen LogP contribution in [0.25, 0.3) is 0 Å².